The SMILES string of the molecule is O=C(CCCCCl)OCCOCC(COCCOC(=O)CCCCCl)(COCCOC(=O)CCCCCl)COCCOC(=O)CCCCCl.O=C=NCCCCl.OCCOCC(COCCO)(COCCO)COCCO.[N-]=[N+]=NCCCCC(=O)OCCOCC(COCCOC(=O)CCCCN=[N+]=[N-])(COCCOC(=O)CCCCN=[N+]=[N-])COCCOC(=O)CCCCN=[N+]=[N-].[N-]=[N+]=[N-].[Na+]. The van der Waals surface area contributed by atoms with Gasteiger partial charge in [-0.05, 0) is 131 Å². The second-order valence-corrected chi connectivity index (χ2v) is 31.0. The normalized spacial score (nSPS) is 11.0. The van der Waals surface area contributed by atoms with Gasteiger partial charge in [0.1, 0.15) is 52.9 Å². The molecule has 55 heteroatoms. The number of esters is 8. The van der Waals surface area contributed by atoms with Gasteiger partial charge in [0.15, 0.2) is 0 Å². The van der Waals surface area contributed by atoms with Crippen molar-refractivity contribution >= 4 is 112 Å². The summed E-state index contributed by atoms with van der Waals surface area (Å²) >= 11 is 27.9. The summed E-state index contributed by atoms with van der Waals surface area (Å²) in [5.41, 5.74) is 44.4. The first-order valence-electron chi connectivity index (χ1n) is 45.2. The van der Waals surface area contributed by atoms with E-state index in [2.05, 4.69) is 45.1 Å². The molecule has 0 aliphatic heterocycles. The largest absolute Gasteiger partial charge is 1.00 e. The van der Waals surface area contributed by atoms with Crippen LogP contribution in [0.3, 0.4) is 0 Å². The van der Waals surface area contributed by atoms with Gasteiger partial charge in [0.25, 0.3) is 0 Å². The number of carbonyl (C=O) groups is 8. The van der Waals surface area contributed by atoms with E-state index in [0.717, 1.165) is 32.1 Å². The molecule has 0 fully saturated rings. The minimum atomic E-state index is -0.979. The number of carbonyl (C=O) groups excluding carboxylic acids is 9. The van der Waals surface area contributed by atoms with E-state index >= 15 is 0 Å². The zero-order valence-corrected chi connectivity index (χ0v) is 85.7. The number of rotatable bonds is 95. The average Bonchev–Trinajstić information content (AvgIpc) is 0.876. The minimum Gasteiger partial charge on any atom is -0.463 e. The number of azide groups is 4. The first kappa shape index (κ1) is 142. The van der Waals surface area contributed by atoms with Crippen molar-refractivity contribution in [2.75, 3.05) is 300 Å². The van der Waals surface area contributed by atoms with Crippen LogP contribution in [0.25, 0.3) is 57.7 Å². The van der Waals surface area contributed by atoms with Crippen LogP contribution in [0.4, 0.5) is 0 Å². The number of alkyl halides is 5. The summed E-state index contributed by atoms with van der Waals surface area (Å²) in [5.74, 6) is -0.556. The van der Waals surface area contributed by atoms with Crippen LogP contribution in [0, 0.1) is 16.2 Å². The van der Waals surface area contributed by atoms with Gasteiger partial charge in [-0.25, -0.2) is 9.79 Å². The molecule has 0 atom stereocenters. The number of nitrogens with zero attached hydrogens (tertiary/aromatic N) is 16. The Morgan fingerprint density at radius 1 is 0.239 bits per heavy atom. The quantitative estimate of drug-likeness (QED) is 0.00422. The van der Waals surface area contributed by atoms with Gasteiger partial charge in [0, 0.05) is 127 Å². The van der Waals surface area contributed by atoms with E-state index in [1.54, 1.807) is 0 Å². The van der Waals surface area contributed by atoms with Crippen LogP contribution in [0.15, 0.2) is 25.4 Å². The van der Waals surface area contributed by atoms with Gasteiger partial charge in [-0.3, -0.25) is 43.3 Å². The third-order valence-corrected chi connectivity index (χ3v) is 18.4. The molecule has 0 aliphatic rings. The Balaban J connectivity index is -0.000000483. The molecule has 4 N–H and O–H groups in total. The standard InChI is InChI=1S/C33H56Cl4O12.C33H56N12O12.C13H28O8.C4H6ClNO.N3.Na/c34-13-5-1-9-29(38)46-21-17-42-25-33(26-43-18-22-47-30(39)10-2-6-14-35,27-44-19-23-48-31(40)11-3-7-15-36)28-45-20-24-49-32(41)12-4-8-16-37;34-42-38-13-5-1-9-29(46)54-21-17-50-25-33(26-51-18-22-55-30(47)10-2-6-14-39-43-35,27-52-19-23-56-31(48)11-3-7-15-40-44-36)28-53-20-24-57-32(49)12-4-8-16-41-45-37;14-1-5-18-9-13(10-19-6-2-15,11-20-7-3-16)12-21-8-4-17;5-2-1-3-6-4-7;1-3-2;/h1-28H2;1-28H2;14-17H,1-12H2;1-3H2;;/q;;;;-1;+1. The Kier molecular flexibility index (Phi) is 119. The Morgan fingerprint density at radius 2 is 0.391 bits per heavy atom. The molecule has 0 aromatic heterocycles. The van der Waals surface area contributed by atoms with Gasteiger partial charge in [-0.2, -0.15) is 0 Å². The molecule has 0 aromatic carbocycles. The second kappa shape index (κ2) is 116. The average molecular weight is 2100 g/mol. The summed E-state index contributed by atoms with van der Waals surface area (Å²) in [6.45, 7) is 3.90. The molecule has 0 rings (SSSR count). The monoisotopic (exact) mass is 2090 g/mol. The number of isocyanates is 1. The van der Waals surface area contributed by atoms with Gasteiger partial charge < -0.3 is 126 Å². The molecule has 138 heavy (non-hydrogen) atoms. The summed E-state index contributed by atoms with van der Waals surface area (Å²) in [4.78, 5) is 121. The van der Waals surface area contributed by atoms with Crippen LogP contribution >= 0.6 is 58.0 Å². The Bertz CT molecular complexity index is 2850. The van der Waals surface area contributed by atoms with Crippen LogP contribution in [-0.4, -0.2) is 374 Å². The number of aliphatic imine (C=N–C) groups is 1. The van der Waals surface area contributed by atoms with Crippen molar-refractivity contribution in [2.45, 2.75) is 161 Å². The summed E-state index contributed by atoms with van der Waals surface area (Å²) in [7, 11) is 0. The molecule has 0 spiro atoms. The van der Waals surface area contributed by atoms with E-state index < -0.39 is 40.1 Å². The molecule has 0 saturated heterocycles. The Labute approximate surface area is 854 Å². The molecule has 0 amide bonds. The number of ether oxygens (including phenoxy) is 20. The zero-order chi connectivity index (χ0) is 102. The first-order valence-corrected chi connectivity index (χ1v) is 47.9. The minimum absolute atomic E-state index is 0. The molecule has 0 aromatic rings. The number of aliphatic hydroxyl groups is 4. The third-order valence-electron chi connectivity index (χ3n) is 17.1. The first-order chi connectivity index (χ1) is 66.7. The van der Waals surface area contributed by atoms with E-state index in [1.165, 1.54) is 11.0 Å². The molecule has 49 nitrogen and oxygen atoms in total. The molecular formula is C83H146Cl5N16NaO33. The molecule has 0 aliphatic carbocycles. The van der Waals surface area contributed by atoms with Crippen LogP contribution in [0.5, 0.6) is 0 Å². The number of unbranched alkanes of at least 4 members (excludes halogenated alkanes) is 8. The van der Waals surface area contributed by atoms with Gasteiger partial charge in [0.2, 0.25) is 6.08 Å². The van der Waals surface area contributed by atoms with Crippen molar-refractivity contribution in [3.05, 3.63) is 57.7 Å². The van der Waals surface area contributed by atoms with Gasteiger partial charge >= 0.3 is 77.3 Å². The maximum atomic E-state index is 12.1. The van der Waals surface area contributed by atoms with E-state index in [9.17, 15) is 43.2 Å². The molecule has 0 saturated carbocycles. The van der Waals surface area contributed by atoms with Crippen LogP contribution in [0.1, 0.15) is 161 Å². The molecule has 0 heterocycles. The number of hydrogen-bond donors (Lipinski definition) is 4. The smallest absolute Gasteiger partial charge is 0.463 e. The predicted octanol–water partition coefficient (Wildman–Crippen LogP) is 8.81. The summed E-state index contributed by atoms with van der Waals surface area (Å²) < 4.78 is 111. The fourth-order valence-corrected chi connectivity index (χ4v) is 11.3. The molecule has 0 unspecified atom stereocenters. The Morgan fingerprint density at radius 3 is 0.529 bits per heavy atom. The van der Waals surface area contributed by atoms with Crippen molar-refractivity contribution in [3.63, 3.8) is 0 Å². The van der Waals surface area contributed by atoms with E-state index in [1.807, 2.05) is 0 Å². The summed E-state index contributed by atoms with van der Waals surface area (Å²) in [6.07, 6.45) is 13.6. The maximum absolute atomic E-state index is 12.1. The number of aliphatic hydroxyl groups excluding tert-OH is 4. The van der Waals surface area contributed by atoms with Crippen molar-refractivity contribution in [1.82, 2.24) is 0 Å². The molecule has 792 valence electrons. The van der Waals surface area contributed by atoms with Crippen LogP contribution < -0.4 is 29.6 Å². The van der Waals surface area contributed by atoms with Crippen molar-refractivity contribution < 1.29 is 188 Å². The van der Waals surface area contributed by atoms with E-state index in [4.69, 9.17) is 206 Å². The summed E-state index contributed by atoms with van der Waals surface area (Å²) in [6, 6.07) is 0. The predicted molar refractivity (Wildman–Crippen MR) is 501 cm³/mol. The third kappa shape index (κ3) is 107. The van der Waals surface area contributed by atoms with Gasteiger partial charge in [-0.15, -0.1) is 58.0 Å². The number of hydrogen-bond acceptors (Lipinski definition) is 38. The van der Waals surface area contributed by atoms with Crippen molar-refractivity contribution in [1.29, 1.82) is 0 Å². The zero-order valence-electron chi connectivity index (χ0n) is 79.9. The number of halogens is 5. The molecule has 0 bridgehead atoms. The van der Waals surface area contributed by atoms with Gasteiger partial charge in [-0.1, -0.05) is 20.5 Å². The van der Waals surface area contributed by atoms with E-state index in [0.29, 0.717) is 113 Å². The maximum Gasteiger partial charge on any atom is 1.00 e. The van der Waals surface area contributed by atoms with Gasteiger partial charge in [0.05, 0.1) is 208 Å². The molecular weight excluding hydrogens is 1950 g/mol. The second-order valence-electron chi connectivity index (χ2n) is 29.1. The van der Waals surface area contributed by atoms with E-state index in [-0.39, 0.29) is 369 Å². The molecule has 0 radical (unpaired) electrons. The van der Waals surface area contributed by atoms with Crippen LogP contribution in [-0.2, 0) is 138 Å². The summed E-state index contributed by atoms with van der Waals surface area (Å²) in [5, 5.41) is 48.9. The fourth-order valence-electron chi connectivity index (χ4n) is 10.4. The fraction of sp³-hybridized carbons (Fsp3) is 0.892. The Hall–Kier alpha value is -6.50. The van der Waals surface area contributed by atoms with Crippen LogP contribution in [0.2, 0.25) is 0 Å². The van der Waals surface area contributed by atoms with Crippen molar-refractivity contribution in [2.24, 2.45) is 41.7 Å². The van der Waals surface area contributed by atoms with Crippen molar-refractivity contribution in [3.8, 4) is 0 Å². The topological polar surface area (TPSA) is 685 Å².